The van der Waals surface area contributed by atoms with Gasteiger partial charge in [0.2, 0.25) is 0 Å². The fourth-order valence-electron chi connectivity index (χ4n) is 3.31. The Morgan fingerprint density at radius 1 is 1.28 bits per heavy atom. The molecule has 0 radical (unpaired) electrons. The highest BCUT2D eigenvalue weighted by Gasteiger charge is 2.27. The van der Waals surface area contributed by atoms with Crippen molar-refractivity contribution in [3.63, 3.8) is 0 Å². The number of rotatable bonds is 1. The van der Waals surface area contributed by atoms with Gasteiger partial charge < -0.3 is 4.98 Å². The van der Waals surface area contributed by atoms with E-state index in [0.29, 0.717) is 0 Å². The lowest BCUT2D eigenvalue weighted by Crippen LogP contribution is -2.39. The number of H-pyrrole nitrogens is 1. The second kappa shape index (κ2) is 4.32. The first-order valence-electron chi connectivity index (χ1n) is 6.82. The summed E-state index contributed by atoms with van der Waals surface area (Å²) in [5.41, 5.74) is 4.33. The zero-order valence-corrected chi connectivity index (χ0v) is 11.3. The summed E-state index contributed by atoms with van der Waals surface area (Å²) in [7, 11) is 0. The second-order valence-electron chi connectivity index (χ2n) is 5.37. The minimum atomic E-state index is 0.816. The van der Waals surface area contributed by atoms with E-state index in [2.05, 4.69) is 45.9 Å². The van der Waals surface area contributed by atoms with Crippen molar-refractivity contribution in [3.8, 4) is 0 Å². The maximum atomic E-state index is 3.60. The van der Waals surface area contributed by atoms with Gasteiger partial charge in [-0.2, -0.15) is 11.8 Å². The van der Waals surface area contributed by atoms with Crippen molar-refractivity contribution in [1.82, 2.24) is 9.88 Å². The Kier molecular flexibility index (Phi) is 2.63. The molecule has 2 nitrogen and oxygen atoms in total. The summed E-state index contributed by atoms with van der Waals surface area (Å²) in [5, 5.41) is 1.43. The molecule has 1 N–H and O–H groups in total. The highest BCUT2D eigenvalue weighted by molar-refractivity contribution is 7.99. The molecule has 18 heavy (non-hydrogen) atoms. The Labute approximate surface area is 112 Å². The van der Waals surface area contributed by atoms with E-state index in [1.807, 2.05) is 0 Å². The normalized spacial score (nSPS) is 24.6. The molecule has 1 fully saturated rings. The van der Waals surface area contributed by atoms with Crippen molar-refractivity contribution in [2.45, 2.75) is 25.4 Å². The molecular formula is C15H18N2S. The van der Waals surface area contributed by atoms with Gasteiger partial charge in [0.25, 0.3) is 0 Å². The van der Waals surface area contributed by atoms with Crippen LogP contribution in [-0.4, -0.2) is 34.0 Å². The Balaban J connectivity index is 1.70. The topological polar surface area (TPSA) is 19.0 Å². The van der Waals surface area contributed by atoms with Gasteiger partial charge in [0.05, 0.1) is 0 Å². The highest BCUT2D eigenvalue weighted by atomic mass is 32.2. The Bertz CT molecular complexity index is 569. The first kappa shape index (κ1) is 10.9. The van der Waals surface area contributed by atoms with E-state index in [4.69, 9.17) is 0 Å². The molecule has 0 spiro atoms. The molecule has 94 valence electrons. The molecule has 2 aromatic rings. The fraction of sp³-hybridized carbons (Fsp3) is 0.467. The van der Waals surface area contributed by atoms with Crippen LogP contribution in [0.3, 0.4) is 0 Å². The predicted octanol–water partition coefficient (Wildman–Crippen LogP) is 3.03. The molecule has 2 aliphatic heterocycles. The van der Waals surface area contributed by atoms with E-state index >= 15 is 0 Å². The minimum absolute atomic E-state index is 0.816. The van der Waals surface area contributed by atoms with Gasteiger partial charge in [-0.05, 0) is 23.8 Å². The number of thioether (sulfide) groups is 1. The van der Waals surface area contributed by atoms with Crippen molar-refractivity contribution in [2.24, 2.45) is 0 Å². The summed E-state index contributed by atoms with van der Waals surface area (Å²) in [6.45, 7) is 2.37. The number of aromatic nitrogens is 1. The van der Waals surface area contributed by atoms with Crippen molar-refractivity contribution in [2.75, 3.05) is 18.1 Å². The third-order valence-corrected chi connectivity index (χ3v) is 5.48. The lowest BCUT2D eigenvalue weighted by atomic mass is 10.0. The number of nitrogens with one attached hydrogen (secondary N) is 1. The van der Waals surface area contributed by atoms with Crippen LogP contribution in [0.2, 0.25) is 0 Å². The predicted molar refractivity (Wildman–Crippen MR) is 78.1 cm³/mol. The number of para-hydroxylation sites is 1. The van der Waals surface area contributed by atoms with Crippen LogP contribution in [0.4, 0.5) is 0 Å². The Morgan fingerprint density at radius 3 is 3.11 bits per heavy atom. The monoisotopic (exact) mass is 258 g/mol. The van der Waals surface area contributed by atoms with Crippen LogP contribution >= 0.6 is 11.8 Å². The van der Waals surface area contributed by atoms with E-state index in [9.17, 15) is 0 Å². The Hall–Kier alpha value is -0.930. The summed E-state index contributed by atoms with van der Waals surface area (Å²) >= 11 is 2.11. The minimum Gasteiger partial charge on any atom is -0.358 e. The Morgan fingerprint density at radius 2 is 2.22 bits per heavy atom. The number of nitrogens with zero attached hydrogens (tertiary/aromatic N) is 1. The SMILES string of the molecule is c1ccc2c3c([nH]c2c1)CCN([C@@H]1CCSC1)C3. The number of hydrogen-bond acceptors (Lipinski definition) is 2. The van der Waals surface area contributed by atoms with Crippen LogP contribution in [-0.2, 0) is 13.0 Å². The van der Waals surface area contributed by atoms with Gasteiger partial charge in [-0.3, -0.25) is 4.90 Å². The molecule has 1 aromatic heterocycles. The zero-order chi connectivity index (χ0) is 11.9. The third-order valence-electron chi connectivity index (χ3n) is 4.33. The number of fused-ring (bicyclic) bond motifs is 3. The standard InChI is InChI=1S/C15H18N2S/c1-2-4-14-12(3-1)13-9-17(7-5-15(13)16-14)11-6-8-18-10-11/h1-4,11,16H,5-10H2/t11-/m1/s1. The van der Waals surface area contributed by atoms with Crippen molar-refractivity contribution >= 4 is 22.7 Å². The van der Waals surface area contributed by atoms with E-state index in [1.54, 1.807) is 5.56 Å². The number of hydrogen-bond donors (Lipinski definition) is 1. The van der Waals surface area contributed by atoms with E-state index < -0.39 is 0 Å². The van der Waals surface area contributed by atoms with Crippen LogP contribution in [0.25, 0.3) is 10.9 Å². The van der Waals surface area contributed by atoms with Gasteiger partial charge in [-0.15, -0.1) is 0 Å². The third kappa shape index (κ3) is 1.69. The molecule has 0 unspecified atom stereocenters. The van der Waals surface area contributed by atoms with Crippen LogP contribution in [0.1, 0.15) is 17.7 Å². The van der Waals surface area contributed by atoms with Crippen LogP contribution < -0.4 is 0 Å². The first-order chi connectivity index (χ1) is 8.92. The quantitative estimate of drug-likeness (QED) is 0.848. The van der Waals surface area contributed by atoms with E-state index in [-0.39, 0.29) is 0 Å². The van der Waals surface area contributed by atoms with E-state index in [0.717, 1.165) is 12.6 Å². The highest BCUT2D eigenvalue weighted by Crippen LogP contribution is 2.31. The number of benzene rings is 1. The smallest absolute Gasteiger partial charge is 0.0459 e. The molecule has 1 aromatic carbocycles. The molecule has 1 saturated heterocycles. The summed E-state index contributed by atoms with van der Waals surface area (Å²) in [6.07, 6.45) is 2.56. The lowest BCUT2D eigenvalue weighted by molar-refractivity contribution is 0.195. The first-order valence-corrected chi connectivity index (χ1v) is 7.97. The molecule has 2 aliphatic rings. The molecule has 0 saturated carbocycles. The summed E-state index contributed by atoms with van der Waals surface area (Å²) in [4.78, 5) is 6.29. The maximum absolute atomic E-state index is 3.60. The van der Waals surface area contributed by atoms with Gasteiger partial charge >= 0.3 is 0 Å². The second-order valence-corrected chi connectivity index (χ2v) is 6.52. The molecule has 3 heterocycles. The lowest BCUT2D eigenvalue weighted by Gasteiger charge is -2.32. The molecular weight excluding hydrogens is 240 g/mol. The van der Waals surface area contributed by atoms with Gasteiger partial charge in [-0.1, -0.05) is 18.2 Å². The molecule has 0 amide bonds. The molecule has 1 atom stereocenters. The van der Waals surface area contributed by atoms with Crippen LogP contribution in [0, 0.1) is 0 Å². The molecule has 4 rings (SSSR count). The number of aromatic amines is 1. The van der Waals surface area contributed by atoms with Crippen molar-refractivity contribution in [1.29, 1.82) is 0 Å². The summed E-state index contributed by atoms with van der Waals surface area (Å²) in [6, 6.07) is 9.55. The molecule has 0 bridgehead atoms. The van der Waals surface area contributed by atoms with Crippen molar-refractivity contribution < 1.29 is 0 Å². The average Bonchev–Trinajstić information content (AvgIpc) is 3.05. The maximum Gasteiger partial charge on any atom is 0.0459 e. The van der Waals surface area contributed by atoms with E-state index in [1.165, 1.54) is 47.5 Å². The van der Waals surface area contributed by atoms with Crippen LogP contribution in [0.5, 0.6) is 0 Å². The summed E-state index contributed by atoms with van der Waals surface area (Å²) in [5.74, 6) is 2.68. The van der Waals surface area contributed by atoms with Gasteiger partial charge in [0.1, 0.15) is 0 Å². The summed E-state index contributed by atoms with van der Waals surface area (Å²) < 4.78 is 0. The van der Waals surface area contributed by atoms with Gasteiger partial charge in [-0.25, -0.2) is 0 Å². The van der Waals surface area contributed by atoms with Crippen LogP contribution in [0.15, 0.2) is 24.3 Å². The fourth-order valence-corrected chi connectivity index (χ4v) is 4.56. The van der Waals surface area contributed by atoms with Crippen molar-refractivity contribution in [3.05, 3.63) is 35.5 Å². The zero-order valence-electron chi connectivity index (χ0n) is 10.5. The van der Waals surface area contributed by atoms with Gasteiger partial charge in [0, 0.05) is 47.9 Å². The largest absolute Gasteiger partial charge is 0.358 e. The van der Waals surface area contributed by atoms with Gasteiger partial charge in [0.15, 0.2) is 0 Å². The average molecular weight is 258 g/mol. The molecule has 3 heteroatoms. The molecule has 0 aliphatic carbocycles.